The smallest absolute Gasteiger partial charge is 0.125 e. The summed E-state index contributed by atoms with van der Waals surface area (Å²) in [5, 5.41) is 12.1. The Balaban J connectivity index is 2.20. The highest BCUT2D eigenvalue weighted by molar-refractivity contribution is 5.49. The van der Waals surface area contributed by atoms with Crippen molar-refractivity contribution in [1.29, 1.82) is 0 Å². The van der Waals surface area contributed by atoms with Crippen molar-refractivity contribution in [3.05, 3.63) is 18.3 Å². The van der Waals surface area contributed by atoms with Crippen LogP contribution in [0, 0.1) is 5.92 Å². The number of nitrogens with one attached hydrogen (secondary N) is 1. The molecule has 0 fully saturated rings. The summed E-state index contributed by atoms with van der Waals surface area (Å²) in [5.41, 5.74) is 6.55. The minimum absolute atomic E-state index is 0.266. The van der Waals surface area contributed by atoms with Gasteiger partial charge in [0.05, 0.1) is 0 Å². The normalized spacial score (nSPS) is 12.4. The molecule has 0 saturated heterocycles. The van der Waals surface area contributed by atoms with Crippen molar-refractivity contribution in [3.8, 4) is 0 Å². The Labute approximate surface area is 90.5 Å². The number of nitrogens with two attached hydrogens (primary N) is 1. The minimum Gasteiger partial charge on any atom is -0.396 e. The molecule has 84 valence electrons. The van der Waals surface area contributed by atoms with E-state index in [0.29, 0.717) is 11.7 Å². The zero-order valence-electron chi connectivity index (χ0n) is 9.11. The highest BCUT2D eigenvalue weighted by Crippen LogP contribution is 2.10. The number of hydrogen-bond donors (Lipinski definition) is 3. The van der Waals surface area contributed by atoms with Crippen LogP contribution in [0.25, 0.3) is 0 Å². The van der Waals surface area contributed by atoms with Crippen molar-refractivity contribution in [2.45, 2.75) is 19.8 Å². The van der Waals surface area contributed by atoms with E-state index in [0.717, 1.165) is 25.1 Å². The van der Waals surface area contributed by atoms with Crippen molar-refractivity contribution < 1.29 is 5.11 Å². The van der Waals surface area contributed by atoms with Crippen LogP contribution in [0.3, 0.4) is 0 Å². The summed E-state index contributed by atoms with van der Waals surface area (Å²) in [4.78, 5) is 3.91. The molecule has 0 aromatic carbocycles. The third-order valence-corrected chi connectivity index (χ3v) is 2.30. The lowest BCUT2D eigenvalue weighted by Gasteiger charge is -2.09. The van der Waals surface area contributed by atoms with Crippen LogP contribution in [-0.4, -0.2) is 23.2 Å². The second-order valence-corrected chi connectivity index (χ2v) is 3.83. The van der Waals surface area contributed by atoms with E-state index in [2.05, 4.69) is 10.3 Å². The molecule has 0 bridgehead atoms. The predicted molar refractivity (Wildman–Crippen MR) is 62.6 cm³/mol. The molecular weight excluding hydrogens is 190 g/mol. The average molecular weight is 209 g/mol. The lowest BCUT2D eigenvalue weighted by atomic mass is 10.1. The lowest BCUT2D eigenvalue weighted by Crippen LogP contribution is -2.06. The van der Waals surface area contributed by atoms with Crippen molar-refractivity contribution in [1.82, 2.24) is 4.98 Å². The first-order chi connectivity index (χ1) is 7.22. The molecule has 4 N–H and O–H groups in total. The number of aliphatic hydroxyl groups excluding tert-OH is 1. The standard InChI is InChI=1S/C11H19N3O/c1-9(8-15)3-2-5-13-10-4-6-14-11(12)7-10/h4,6-7,9,15H,2-3,5,8H2,1H3,(H3,12,13,14). The fraction of sp³-hybridized carbons (Fsp3) is 0.545. The van der Waals surface area contributed by atoms with Crippen molar-refractivity contribution in [2.75, 3.05) is 24.2 Å². The molecule has 0 aliphatic heterocycles. The van der Waals surface area contributed by atoms with Gasteiger partial charge in [0.15, 0.2) is 0 Å². The Hall–Kier alpha value is -1.29. The van der Waals surface area contributed by atoms with Gasteiger partial charge in [-0.25, -0.2) is 4.98 Å². The average Bonchev–Trinajstić information content (AvgIpc) is 2.24. The van der Waals surface area contributed by atoms with E-state index in [9.17, 15) is 0 Å². The maximum absolute atomic E-state index is 8.84. The third kappa shape index (κ3) is 4.65. The van der Waals surface area contributed by atoms with E-state index < -0.39 is 0 Å². The molecule has 1 unspecified atom stereocenters. The fourth-order valence-electron chi connectivity index (χ4n) is 1.33. The zero-order chi connectivity index (χ0) is 11.1. The second-order valence-electron chi connectivity index (χ2n) is 3.83. The monoisotopic (exact) mass is 209 g/mol. The number of anilines is 2. The Kier molecular flexibility index (Phi) is 4.90. The molecule has 0 aliphatic carbocycles. The van der Waals surface area contributed by atoms with Crippen molar-refractivity contribution in [3.63, 3.8) is 0 Å². The molecular formula is C11H19N3O. The molecule has 15 heavy (non-hydrogen) atoms. The van der Waals surface area contributed by atoms with Gasteiger partial charge in [-0.15, -0.1) is 0 Å². The molecule has 1 heterocycles. The van der Waals surface area contributed by atoms with E-state index in [4.69, 9.17) is 10.8 Å². The first-order valence-electron chi connectivity index (χ1n) is 5.28. The Bertz CT molecular complexity index is 291. The molecule has 4 heteroatoms. The number of hydrogen-bond acceptors (Lipinski definition) is 4. The Morgan fingerprint density at radius 3 is 3.07 bits per heavy atom. The van der Waals surface area contributed by atoms with Crippen LogP contribution in [0.1, 0.15) is 19.8 Å². The predicted octanol–water partition coefficient (Wildman–Crippen LogP) is 1.48. The largest absolute Gasteiger partial charge is 0.396 e. The molecule has 0 saturated carbocycles. The number of aliphatic hydroxyl groups is 1. The summed E-state index contributed by atoms with van der Waals surface area (Å²) in [6, 6.07) is 3.71. The van der Waals surface area contributed by atoms with E-state index in [1.807, 2.05) is 19.1 Å². The summed E-state index contributed by atoms with van der Waals surface area (Å²) in [5.74, 6) is 0.915. The number of aromatic nitrogens is 1. The topological polar surface area (TPSA) is 71.2 Å². The molecule has 1 aromatic heterocycles. The molecule has 0 aliphatic rings. The number of nitrogen functional groups attached to an aromatic ring is 1. The van der Waals surface area contributed by atoms with Crippen LogP contribution in [0.5, 0.6) is 0 Å². The van der Waals surface area contributed by atoms with Crippen LogP contribution in [0.2, 0.25) is 0 Å². The van der Waals surface area contributed by atoms with Gasteiger partial charge in [-0.3, -0.25) is 0 Å². The molecule has 1 atom stereocenters. The molecule has 1 aromatic rings. The quantitative estimate of drug-likeness (QED) is 0.621. The maximum Gasteiger partial charge on any atom is 0.125 e. The zero-order valence-corrected chi connectivity index (χ0v) is 9.11. The minimum atomic E-state index is 0.266. The maximum atomic E-state index is 8.84. The van der Waals surface area contributed by atoms with Crippen LogP contribution >= 0.6 is 0 Å². The van der Waals surface area contributed by atoms with E-state index in [-0.39, 0.29) is 6.61 Å². The number of pyridine rings is 1. The Morgan fingerprint density at radius 1 is 1.60 bits per heavy atom. The highest BCUT2D eigenvalue weighted by atomic mass is 16.3. The van der Waals surface area contributed by atoms with Gasteiger partial charge in [-0.1, -0.05) is 6.92 Å². The summed E-state index contributed by atoms with van der Waals surface area (Å²) in [6.07, 6.45) is 3.77. The highest BCUT2D eigenvalue weighted by Gasteiger charge is 1.99. The van der Waals surface area contributed by atoms with Gasteiger partial charge in [-0.2, -0.15) is 0 Å². The second kappa shape index (κ2) is 6.24. The van der Waals surface area contributed by atoms with Gasteiger partial charge < -0.3 is 16.2 Å². The third-order valence-electron chi connectivity index (χ3n) is 2.30. The van der Waals surface area contributed by atoms with Crippen molar-refractivity contribution >= 4 is 11.5 Å². The van der Waals surface area contributed by atoms with Gasteiger partial charge in [0.25, 0.3) is 0 Å². The van der Waals surface area contributed by atoms with Gasteiger partial charge in [0.2, 0.25) is 0 Å². The van der Waals surface area contributed by atoms with Gasteiger partial charge >= 0.3 is 0 Å². The van der Waals surface area contributed by atoms with E-state index in [1.54, 1.807) is 6.20 Å². The van der Waals surface area contributed by atoms with Crippen LogP contribution in [0.15, 0.2) is 18.3 Å². The van der Waals surface area contributed by atoms with Gasteiger partial charge in [-0.05, 0) is 24.8 Å². The fourth-order valence-corrected chi connectivity index (χ4v) is 1.33. The molecule has 0 spiro atoms. The van der Waals surface area contributed by atoms with Crippen LogP contribution < -0.4 is 11.1 Å². The molecule has 1 rings (SSSR count). The molecule has 4 nitrogen and oxygen atoms in total. The first-order valence-corrected chi connectivity index (χ1v) is 5.28. The van der Waals surface area contributed by atoms with Crippen LogP contribution in [0.4, 0.5) is 11.5 Å². The molecule has 0 radical (unpaired) electrons. The summed E-state index contributed by atoms with van der Waals surface area (Å²) >= 11 is 0. The van der Waals surface area contributed by atoms with E-state index in [1.165, 1.54) is 0 Å². The SMILES string of the molecule is CC(CO)CCCNc1ccnc(N)c1. The summed E-state index contributed by atoms with van der Waals surface area (Å²) < 4.78 is 0. The number of nitrogens with zero attached hydrogens (tertiary/aromatic N) is 1. The lowest BCUT2D eigenvalue weighted by molar-refractivity contribution is 0.229. The van der Waals surface area contributed by atoms with E-state index >= 15 is 0 Å². The van der Waals surface area contributed by atoms with Gasteiger partial charge in [0, 0.05) is 31.1 Å². The number of rotatable bonds is 6. The van der Waals surface area contributed by atoms with Crippen LogP contribution in [-0.2, 0) is 0 Å². The first kappa shape index (κ1) is 11.8. The van der Waals surface area contributed by atoms with Gasteiger partial charge in [0.1, 0.15) is 5.82 Å². The summed E-state index contributed by atoms with van der Waals surface area (Å²) in [7, 11) is 0. The molecule has 0 amide bonds. The Morgan fingerprint density at radius 2 is 2.40 bits per heavy atom. The summed E-state index contributed by atoms with van der Waals surface area (Å²) in [6.45, 7) is 3.21. The van der Waals surface area contributed by atoms with Crippen molar-refractivity contribution in [2.24, 2.45) is 5.92 Å².